The zero-order valence-electron chi connectivity index (χ0n) is 35.1. The minimum atomic E-state index is -1.52. The van der Waals surface area contributed by atoms with Crippen molar-refractivity contribution < 1.29 is 23.7 Å². The maximum absolute atomic E-state index is 7.97. The molecule has 0 fully saturated rings. The lowest BCUT2D eigenvalue weighted by Crippen LogP contribution is -2.81. The Kier molecular flexibility index (Phi) is 13.4. The molecule has 1 aliphatic rings. The van der Waals surface area contributed by atoms with Gasteiger partial charge >= 0.3 is 0 Å². The van der Waals surface area contributed by atoms with Crippen molar-refractivity contribution in [2.24, 2.45) is 22.7 Å². The maximum atomic E-state index is 7.97. The summed E-state index contributed by atoms with van der Waals surface area (Å²) in [5.41, 5.74) is -0.949. The lowest BCUT2D eigenvalue weighted by atomic mass is 9.46. The van der Waals surface area contributed by atoms with E-state index >= 15 is 0 Å². The molecule has 0 radical (unpaired) electrons. The van der Waals surface area contributed by atoms with Crippen LogP contribution in [0.3, 0.4) is 0 Å². The zero-order chi connectivity index (χ0) is 40.4. The summed E-state index contributed by atoms with van der Waals surface area (Å²) in [7, 11) is 0. The van der Waals surface area contributed by atoms with E-state index < -0.39 is 22.4 Å². The minimum absolute atomic E-state index is 0.00339. The van der Waals surface area contributed by atoms with Crippen molar-refractivity contribution in [3.63, 3.8) is 0 Å². The summed E-state index contributed by atoms with van der Waals surface area (Å²) in [4.78, 5) is 0. The van der Waals surface area contributed by atoms with E-state index in [9.17, 15) is 0 Å². The number of ether oxygens (including phenoxy) is 5. The molecule has 0 heterocycles. The summed E-state index contributed by atoms with van der Waals surface area (Å²) in [5, 5.41) is 0. The van der Waals surface area contributed by atoms with Crippen molar-refractivity contribution in [3.8, 4) is 28.7 Å². The van der Waals surface area contributed by atoms with E-state index in [4.69, 9.17) is 23.7 Å². The van der Waals surface area contributed by atoms with E-state index in [2.05, 4.69) is 48.5 Å². The molecule has 0 aromatic heterocycles. The van der Waals surface area contributed by atoms with Crippen LogP contribution in [-0.4, -0.2) is 11.6 Å². The quantitative estimate of drug-likeness (QED) is 0.0783. The first kappa shape index (κ1) is 41.5. The fourth-order valence-corrected chi connectivity index (χ4v) is 9.44. The summed E-state index contributed by atoms with van der Waals surface area (Å²) in [6.07, 6.45) is 5.45. The Labute approximate surface area is 342 Å². The Balaban J connectivity index is 1.93. The van der Waals surface area contributed by atoms with Crippen LogP contribution < -0.4 is 23.7 Å². The Morgan fingerprint density at radius 2 is 0.877 bits per heavy atom. The first-order valence-corrected chi connectivity index (χ1v) is 21.2. The molecule has 5 nitrogen and oxygen atoms in total. The van der Waals surface area contributed by atoms with Crippen molar-refractivity contribution in [3.05, 3.63) is 163 Å². The fraction of sp³-hybridized carbons (Fsp3) is 0.385. The predicted molar refractivity (Wildman–Crippen MR) is 232 cm³/mol. The van der Waals surface area contributed by atoms with Gasteiger partial charge in [0.15, 0.2) is 0 Å². The average Bonchev–Trinajstić information content (AvgIpc) is 3.24. The summed E-state index contributed by atoms with van der Waals surface area (Å²) in [5.74, 6) is 1.16. The highest BCUT2D eigenvalue weighted by Gasteiger charge is 2.83. The summed E-state index contributed by atoms with van der Waals surface area (Å²) in [6.45, 7) is 15.9. The van der Waals surface area contributed by atoms with E-state index in [0.717, 1.165) is 42.8 Å². The van der Waals surface area contributed by atoms with Gasteiger partial charge in [-0.25, -0.2) is 0 Å². The molecule has 6 rings (SSSR count). The maximum Gasteiger partial charge on any atom is 0.290 e. The SMILES string of the molecule is CCCCC1(CC)C(Oc2ccccc2)(Oc2ccccc2)C(C(C)C)=C(Oc2ccccc2)C(CCC)(C(C)CC)C1(Oc1ccccc1)Oc1ccccc1. The van der Waals surface area contributed by atoms with Crippen LogP contribution in [0.2, 0.25) is 0 Å². The monoisotopic (exact) mass is 766 g/mol. The third kappa shape index (κ3) is 7.66. The van der Waals surface area contributed by atoms with Crippen molar-refractivity contribution in [2.75, 3.05) is 0 Å². The van der Waals surface area contributed by atoms with Gasteiger partial charge in [-0.05, 0) is 91.8 Å². The molecule has 3 unspecified atom stereocenters. The molecule has 57 heavy (non-hydrogen) atoms. The molecular weight excluding hydrogens is 705 g/mol. The van der Waals surface area contributed by atoms with Gasteiger partial charge in [0.25, 0.3) is 11.6 Å². The van der Waals surface area contributed by atoms with Crippen LogP contribution in [0.15, 0.2) is 163 Å². The van der Waals surface area contributed by atoms with Gasteiger partial charge in [-0.2, -0.15) is 0 Å². The van der Waals surface area contributed by atoms with Crippen molar-refractivity contribution in [1.29, 1.82) is 0 Å². The Morgan fingerprint density at radius 1 is 0.474 bits per heavy atom. The van der Waals surface area contributed by atoms with Crippen molar-refractivity contribution in [2.45, 2.75) is 105 Å². The fourth-order valence-electron chi connectivity index (χ4n) is 9.44. The molecule has 5 aromatic rings. The molecule has 0 bridgehead atoms. The van der Waals surface area contributed by atoms with Crippen LogP contribution in [0.25, 0.3) is 0 Å². The van der Waals surface area contributed by atoms with Crippen LogP contribution in [0.1, 0.15) is 93.4 Å². The molecule has 0 N–H and O–H groups in total. The Morgan fingerprint density at radius 3 is 1.23 bits per heavy atom. The second kappa shape index (κ2) is 18.4. The highest BCUT2D eigenvalue weighted by atomic mass is 16.7. The lowest BCUT2D eigenvalue weighted by Gasteiger charge is -2.68. The first-order valence-electron chi connectivity index (χ1n) is 21.2. The Bertz CT molecular complexity index is 1900. The van der Waals surface area contributed by atoms with Crippen LogP contribution >= 0.6 is 0 Å². The van der Waals surface area contributed by atoms with Gasteiger partial charge in [-0.1, -0.05) is 165 Å². The van der Waals surface area contributed by atoms with E-state index in [-0.39, 0.29) is 11.8 Å². The second-order valence-corrected chi connectivity index (χ2v) is 15.8. The van der Waals surface area contributed by atoms with Gasteiger partial charge in [-0.3, -0.25) is 0 Å². The van der Waals surface area contributed by atoms with E-state index in [1.54, 1.807) is 0 Å². The van der Waals surface area contributed by atoms with E-state index in [0.29, 0.717) is 42.3 Å². The van der Waals surface area contributed by atoms with Gasteiger partial charge in [0, 0.05) is 0 Å². The number of rotatable bonds is 19. The van der Waals surface area contributed by atoms with Crippen LogP contribution in [0.4, 0.5) is 0 Å². The van der Waals surface area contributed by atoms with Gasteiger partial charge < -0.3 is 23.7 Å². The molecule has 5 heteroatoms. The highest BCUT2D eigenvalue weighted by Crippen LogP contribution is 2.71. The predicted octanol–water partition coefficient (Wildman–Crippen LogP) is 14.1. The molecule has 0 amide bonds. The number of para-hydroxylation sites is 5. The number of unbranched alkanes of at least 4 members (excludes halogenated alkanes) is 1. The lowest BCUT2D eigenvalue weighted by molar-refractivity contribution is -0.364. The third-order valence-corrected chi connectivity index (χ3v) is 12.1. The molecular formula is C52H62O5. The number of hydrogen-bond donors (Lipinski definition) is 0. The summed E-state index contributed by atoms with van der Waals surface area (Å²) < 4.78 is 39.1. The summed E-state index contributed by atoms with van der Waals surface area (Å²) >= 11 is 0. The molecule has 0 saturated heterocycles. The average molecular weight is 767 g/mol. The van der Waals surface area contributed by atoms with Crippen LogP contribution in [0, 0.1) is 22.7 Å². The molecule has 3 atom stereocenters. The normalized spacial score (nSPS) is 20.4. The number of benzene rings is 5. The smallest absolute Gasteiger partial charge is 0.290 e. The highest BCUT2D eigenvalue weighted by molar-refractivity contribution is 5.47. The van der Waals surface area contributed by atoms with Crippen molar-refractivity contribution >= 4 is 0 Å². The largest absolute Gasteiger partial charge is 0.461 e. The van der Waals surface area contributed by atoms with Crippen LogP contribution in [-0.2, 0) is 0 Å². The molecule has 0 spiro atoms. The second-order valence-electron chi connectivity index (χ2n) is 15.8. The van der Waals surface area contributed by atoms with Gasteiger partial charge in [-0.15, -0.1) is 0 Å². The molecule has 0 aliphatic heterocycles. The van der Waals surface area contributed by atoms with Gasteiger partial charge in [0.2, 0.25) is 0 Å². The molecule has 300 valence electrons. The van der Waals surface area contributed by atoms with Crippen molar-refractivity contribution in [1.82, 2.24) is 0 Å². The Hall–Kier alpha value is -5.16. The zero-order valence-corrected chi connectivity index (χ0v) is 35.1. The minimum Gasteiger partial charge on any atom is -0.461 e. The standard InChI is InChI=1S/C52H62O5/c1-8-12-39-49(11-4)51(54-43-30-20-14-21-31-43,55-44-32-22-15-23-33-44)47(40(5)6)48(53-42-28-18-13-19-29-42)50(38-9-2,41(7)10-3)52(49,56-45-34-24-16-25-35-45)57-46-36-26-17-27-37-46/h13-37,40-41H,8-12,38-39H2,1-7H3. The third-order valence-electron chi connectivity index (χ3n) is 12.1. The molecule has 0 saturated carbocycles. The van der Waals surface area contributed by atoms with E-state index in [1.807, 2.05) is 152 Å². The van der Waals surface area contributed by atoms with Gasteiger partial charge in [0.1, 0.15) is 45.3 Å². The summed E-state index contributed by atoms with van der Waals surface area (Å²) in [6, 6.07) is 50.7. The topological polar surface area (TPSA) is 46.2 Å². The number of hydrogen-bond acceptors (Lipinski definition) is 5. The van der Waals surface area contributed by atoms with Gasteiger partial charge in [0.05, 0.1) is 5.57 Å². The molecule has 1 aliphatic carbocycles. The first-order chi connectivity index (χ1) is 27.8. The van der Waals surface area contributed by atoms with Crippen LogP contribution in [0.5, 0.6) is 28.7 Å². The molecule has 5 aromatic carbocycles. The van der Waals surface area contributed by atoms with E-state index in [1.165, 1.54) is 0 Å².